The van der Waals surface area contributed by atoms with Crippen LogP contribution in [0, 0.1) is 0 Å². The van der Waals surface area contributed by atoms with Crippen molar-refractivity contribution in [1.29, 1.82) is 0 Å². The fraction of sp³-hybridized carbons (Fsp3) is 0.700. The van der Waals surface area contributed by atoms with E-state index in [2.05, 4.69) is 23.1 Å². The lowest BCUT2D eigenvalue weighted by atomic mass is 10.3. The van der Waals surface area contributed by atoms with Crippen LogP contribution in [0.2, 0.25) is 0 Å². The SMILES string of the molecule is CCCN(CCCl)Cc1cnn(C)c1. The van der Waals surface area contributed by atoms with Gasteiger partial charge in [0.15, 0.2) is 0 Å². The number of aryl methyl sites for hydroxylation is 1. The lowest BCUT2D eigenvalue weighted by molar-refractivity contribution is 0.282. The van der Waals surface area contributed by atoms with E-state index in [1.807, 2.05) is 17.9 Å². The molecule has 80 valence electrons. The summed E-state index contributed by atoms with van der Waals surface area (Å²) in [6.45, 7) is 5.19. The van der Waals surface area contributed by atoms with Gasteiger partial charge in [0.2, 0.25) is 0 Å². The number of alkyl halides is 1. The summed E-state index contributed by atoms with van der Waals surface area (Å²) < 4.78 is 1.83. The topological polar surface area (TPSA) is 21.1 Å². The standard InChI is InChI=1S/C10H18ClN3/c1-3-5-14(6-4-11)9-10-7-12-13(2)8-10/h7-8H,3-6,9H2,1-2H3. The summed E-state index contributed by atoms with van der Waals surface area (Å²) in [5.41, 5.74) is 1.26. The lowest BCUT2D eigenvalue weighted by Gasteiger charge is -2.19. The Balaban J connectivity index is 2.46. The van der Waals surface area contributed by atoms with E-state index in [9.17, 15) is 0 Å². The molecule has 0 atom stereocenters. The number of hydrogen-bond donors (Lipinski definition) is 0. The first-order chi connectivity index (χ1) is 6.76. The number of nitrogens with zero attached hydrogens (tertiary/aromatic N) is 3. The molecule has 1 rings (SSSR count). The Labute approximate surface area is 90.7 Å². The zero-order valence-corrected chi connectivity index (χ0v) is 9.67. The zero-order chi connectivity index (χ0) is 10.4. The molecule has 0 aliphatic carbocycles. The molecule has 1 aromatic rings. The lowest BCUT2D eigenvalue weighted by Crippen LogP contribution is -2.25. The smallest absolute Gasteiger partial charge is 0.0534 e. The Bertz CT molecular complexity index is 254. The monoisotopic (exact) mass is 215 g/mol. The second-order valence-electron chi connectivity index (χ2n) is 3.49. The molecule has 0 unspecified atom stereocenters. The van der Waals surface area contributed by atoms with Crippen molar-refractivity contribution in [2.45, 2.75) is 19.9 Å². The van der Waals surface area contributed by atoms with Crippen LogP contribution in [0.15, 0.2) is 12.4 Å². The van der Waals surface area contributed by atoms with Gasteiger partial charge in [0.05, 0.1) is 6.20 Å². The Kier molecular flexibility index (Phi) is 4.98. The molecule has 1 heterocycles. The Morgan fingerprint density at radius 2 is 2.29 bits per heavy atom. The molecule has 0 aliphatic heterocycles. The number of rotatable bonds is 6. The highest BCUT2D eigenvalue weighted by Gasteiger charge is 2.05. The molecule has 0 amide bonds. The second-order valence-corrected chi connectivity index (χ2v) is 3.87. The van der Waals surface area contributed by atoms with Crippen LogP contribution in [0.4, 0.5) is 0 Å². The van der Waals surface area contributed by atoms with E-state index in [1.165, 1.54) is 5.56 Å². The molecule has 1 aromatic heterocycles. The fourth-order valence-corrected chi connectivity index (χ4v) is 1.76. The first-order valence-electron chi connectivity index (χ1n) is 5.02. The van der Waals surface area contributed by atoms with Crippen molar-refractivity contribution < 1.29 is 0 Å². The molecule has 0 saturated carbocycles. The molecule has 0 saturated heterocycles. The van der Waals surface area contributed by atoms with Crippen LogP contribution in [-0.2, 0) is 13.6 Å². The average Bonchev–Trinajstić information content (AvgIpc) is 2.52. The minimum Gasteiger partial charge on any atom is -0.298 e. The molecule has 0 radical (unpaired) electrons. The maximum Gasteiger partial charge on any atom is 0.0534 e. The minimum atomic E-state index is 0.695. The van der Waals surface area contributed by atoms with Gasteiger partial charge in [0.1, 0.15) is 0 Å². The van der Waals surface area contributed by atoms with Gasteiger partial charge in [0.25, 0.3) is 0 Å². The maximum atomic E-state index is 5.74. The van der Waals surface area contributed by atoms with Gasteiger partial charge in [0, 0.05) is 37.8 Å². The summed E-state index contributed by atoms with van der Waals surface area (Å²) in [7, 11) is 1.94. The third-order valence-electron chi connectivity index (χ3n) is 2.11. The summed E-state index contributed by atoms with van der Waals surface area (Å²) in [4.78, 5) is 2.35. The van der Waals surface area contributed by atoms with Crippen LogP contribution >= 0.6 is 11.6 Å². The predicted octanol–water partition coefficient (Wildman–Crippen LogP) is 1.87. The zero-order valence-electron chi connectivity index (χ0n) is 8.91. The van der Waals surface area contributed by atoms with Gasteiger partial charge in [-0.15, -0.1) is 11.6 Å². The third-order valence-corrected chi connectivity index (χ3v) is 2.27. The van der Waals surface area contributed by atoms with Gasteiger partial charge in [-0.2, -0.15) is 5.10 Å². The third kappa shape index (κ3) is 3.68. The van der Waals surface area contributed by atoms with Crippen LogP contribution in [0.5, 0.6) is 0 Å². The van der Waals surface area contributed by atoms with E-state index in [4.69, 9.17) is 11.6 Å². The van der Waals surface area contributed by atoms with Crippen molar-refractivity contribution in [2.24, 2.45) is 7.05 Å². The van der Waals surface area contributed by atoms with Crippen LogP contribution < -0.4 is 0 Å². The number of aromatic nitrogens is 2. The highest BCUT2D eigenvalue weighted by molar-refractivity contribution is 6.18. The number of halogens is 1. The van der Waals surface area contributed by atoms with Crippen molar-refractivity contribution in [2.75, 3.05) is 19.0 Å². The van der Waals surface area contributed by atoms with Crippen molar-refractivity contribution in [1.82, 2.24) is 14.7 Å². The molecule has 0 bridgehead atoms. The van der Waals surface area contributed by atoms with E-state index in [-0.39, 0.29) is 0 Å². The number of hydrogen-bond acceptors (Lipinski definition) is 2. The highest BCUT2D eigenvalue weighted by atomic mass is 35.5. The molecule has 0 spiro atoms. The molecule has 0 fully saturated rings. The average molecular weight is 216 g/mol. The van der Waals surface area contributed by atoms with E-state index in [0.717, 1.165) is 26.1 Å². The van der Waals surface area contributed by atoms with Crippen LogP contribution in [-0.4, -0.2) is 33.6 Å². The Hall–Kier alpha value is -0.540. The van der Waals surface area contributed by atoms with Crippen molar-refractivity contribution in [3.05, 3.63) is 18.0 Å². The summed E-state index contributed by atoms with van der Waals surface area (Å²) in [6.07, 6.45) is 5.13. The second kappa shape index (κ2) is 6.04. The van der Waals surface area contributed by atoms with Crippen LogP contribution in [0.25, 0.3) is 0 Å². The van der Waals surface area contributed by atoms with E-state index in [1.54, 1.807) is 0 Å². The molecule has 4 heteroatoms. The van der Waals surface area contributed by atoms with E-state index >= 15 is 0 Å². The van der Waals surface area contributed by atoms with Crippen molar-refractivity contribution in [3.63, 3.8) is 0 Å². The molecular formula is C10H18ClN3. The molecule has 0 N–H and O–H groups in total. The molecule has 0 aromatic carbocycles. The van der Waals surface area contributed by atoms with E-state index in [0.29, 0.717) is 5.88 Å². The molecule has 3 nitrogen and oxygen atoms in total. The van der Waals surface area contributed by atoms with Crippen molar-refractivity contribution >= 4 is 11.6 Å². The first-order valence-corrected chi connectivity index (χ1v) is 5.55. The summed E-state index contributed by atoms with van der Waals surface area (Å²) in [5.74, 6) is 0.695. The maximum absolute atomic E-state index is 5.74. The molecule has 14 heavy (non-hydrogen) atoms. The minimum absolute atomic E-state index is 0.695. The van der Waals surface area contributed by atoms with Gasteiger partial charge in [-0.05, 0) is 13.0 Å². The normalized spacial score (nSPS) is 11.1. The van der Waals surface area contributed by atoms with Crippen LogP contribution in [0.1, 0.15) is 18.9 Å². The fourth-order valence-electron chi connectivity index (χ4n) is 1.52. The van der Waals surface area contributed by atoms with Gasteiger partial charge in [-0.1, -0.05) is 6.92 Å². The van der Waals surface area contributed by atoms with Gasteiger partial charge < -0.3 is 0 Å². The Morgan fingerprint density at radius 3 is 2.79 bits per heavy atom. The van der Waals surface area contributed by atoms with Crippen LogP contribution in [0.3, 0.4) is 0 Å². The highest BCUT2D eigenvalue weighted by Crippen LogP contribution is 2.03. The van der Waals surface area contributed by atoms with E-state index < -0.39 is 0 Å². The van der Waals surface area contributed by atoms with Crippen molar-refractivity contribution in [3.8, 4) is 0 Å². The molecule has 0 aliphatic rings. The summed E-state index contributed by atoms with van der Waals surface area (Å²) >= 11 is 5.74. The Morgan fingerprint density at radius 1 is 1.50 bits per heavy atom. The largest absolute Gasteiger partial charge is 0.298 e. The summed E-state index contributed by atoms with van der Waals surface area (Å²) in [6, 6.07) is 0. The summed E-state index contributed by atoms with van der Waals surface area (Å²) in [5, 5.41) is 4.15. The van der Waals surface area contributed by atoms with Gasteiger partial charge >= 0.3 is 0 Å². The predicted molar refractivity (Wildman–Crippen MR) is 59.5 cm³/mol. The van der Waals surface area contributed by atoms with Gasteiger partial charge in [-0.25, -0.2) is 0 Å². The quantitative estimate of drug-likeness (QED) is 0.676. The first kappa shape index (κ1) is 11.5. The molecular weight excluding hydrogens is 198 g/mol. The van der Waals surface area contributed by atoms with Gasteiger partial charge in [-0.3, -0.25) is 9.58 Å².